The van der Waals surface area contributed by atoms with Crippen LogP contribution in [-0.4, -0.2) is 25.2 Å². The lowest BCUT2D eigenvalue weighted by Gasteiger charge is -2.14. The van der Waals surface area contributed by atoms with Crippen molar-refractivity contribution in [2.24, 2.45) is 5.92 Å². The fourth-order valence-electron chi connectivity index (χ4n) is 2.18. The summed E-state index contributed by atoms with van der Waals surface area (Å²) in [5, 5.41) is 3.01. The predicted molar refractivity (Wildman–Crippen MR) is 90.0 cm³/mol. The van der Waals surface area contributed by atoms with Crippen molar-refractivity contribution in [3.05, 3.63) is 33.6 Å². The SMILES string of the molecule is CCOC(=O)C(Cc1csc2ccc(Br)cc12)C(=O)OCC. The number of carbonyl (C=O) groups excluding carboxylic acids is 2. The number of hydrogen-bond acceptors (Lipinski definition) is 5. The molecule has 118 valence electrons. The smallest absolute Gasteiger partial charge is 0.320 e. The summed E-state index contributed by atoms with van der Waals surface area (Å²) in [5.41, 5.74) is 0.951. The molecule has 2 rings (SSSR count). The van der Waals surface area contributed by atoms with Crippen molar-refractivity contribution < 1.29 is 19.1 Å². The molecule has 1 aromatic heterocycles. The number of fused-ring (bicyclic) bond motifs is 1. The summed E-state index contributed by atoms with van der Waals surface area (Å²) >= 11 is 5.04. The van der Waals surface area contributed by atoms with Gasteiger partial charge >= 0.3 is 11.9 Å². The summed E-state index contributed by atoms with van der Waals surface area (Å²) in [7, 11) is 0. The van der Waals surface area contributed by atoms with E-state index in [1.54, 1.807) is 25.2 Å². The van der Waals surface area contributed by atoms with E-state index >= 15 is 0 Å². The molecule has 0 N–H and O–H groups in total. The van der Waals surface area contributed by atoms with Gasteiger partial charge in [-0.2, -0.15) is 0 Å². The number of benzene rings is 1. The van der Waals surface area contributed by atoms with Crippen LogP contribution in [-0.2, 0) is 25.5 Å². The van der Waals surface area contributed by atoms with Crippen molar-refractivity contribution in [2.75, 3.05) is 13.2 Å². The minimum Gasteiger partial charge on any atom is -0.465 e. The summed E-state index contributed by atoms with van der Waals surface area (Å²) in [4.78, 5) is 24.1. The molecule has 0 radical (unpaired) electrons. The van der Waals surface area contributed by atoms with Crippen LogP contribution in [0.25, 0.3) is 10.1 Å². The van der Waals surface area contributed by atoms with Crippen molar-refractivity contribution in [1.29, 1.82) is 0 Å². The van der Waals surface area contributed by atoms with Crippen LogP contribution < -0.4 is 0 Å². The Morgan fingerprint density at radius 2 is 1.82 bits per heavy atom. The van der Waals surface area contributed by atoms with Gasteiger partial charge in [0.15, 0.2) is 5.92 Å². The van der Waals surface area contributed by atoms with Gasteiger partial charge in [-0.25, -0.2) is 0 Å². The minimum atomic E-state index is -0.920. The molecule has 2 aromatic rings. The number of thiophene rings is 1. The Kier molecular flexibility index (Phi) is 5.97. The quantitative estimate of drug-likeness (QED) is 0.558. The second-order valence-electron chi connectivity index (χ2n) is 4.66. The monoisotopic (exact) mass is 384 g/mol. The van der Waals surface area contributed by atoms with Crippen molar-refractivity contribution >= 4 is 49.3 Å². The average molecular weight is 385 g/mol. The lowest BCUT2D eigenvalue weighted by Crippen LogP contribution is -2.30. The third-order valence-corrected chi connectivity index (χ3v) is 4.69. The zero-order valence-corrected chi connectivity index (χ0v) is 14.8. The van der Waals surface area contributed by atoms with Crippen LogP contribution in [0.1, 0.15) is 19.4 Å². The Morgan fingerprint density at radius 3 is 2.41 bits per heavy atom. The number of hydrogen-bond donors (Lipinski definition) is 0. The molecule has 0 fully saturated rings. The van der Waals surface area contributed by atoms with Gasteiger partial charge in [-0.1, -0.05) is 15.9 Å². The topological polar surface area (TPSA) is 52.6 Å². The summed E-state index contributed by atoms with van der Waals surface area (Å²) in [6.07, 6.45) is 0.286. The first-order valence-electron chi connectivity index (χ1n) is 7.05. The number of esters is 2. The minimum absolute atomic E-state index is 0.241. The largest absolute Gasteiger partial charge is 0.465 e. The maximum atomic E-state index is 12.1. The standard InChI is InChI=1S/C16H17BrO4S/c1-3-20-15(18)13(16(19)21-4-2)7-10-9-22-14-6-5-11(17)8-12(10)14/h5-6,8-9,13H,3-4,7H2,1-2H3. The van der Waals surface area contributed by atoms with Crippen molar-refractivity contribution in [1.82, 2.24) is 0 Å². The highest BCUT2D eigenvalue weighted by Gasteiger charge is 2.30. The van der Waals surface area contributed by atoms with E-state index in [-0.39, 0.29) is 19.6 Å². The molecule has 4 nitrogen and oxygen atoms in total. The van der Waals surface area contributed by atoms with E-state index < -0.39 is 17.9 Å². The molecule has 0 spiro atoms. The van der Waals surface area contributed by atoms with Gasteiger partial charge in [0.2, 0.25) is 0 Å². The molecular formula is C16H17BrO4S. The van der Waals surface area contributed by atoms with Gasteiger partial charge in [-0.05, 0) is 54.8 Å². The van der Waals surface area contributed by atoms with E-state index in [0.29, 0.717) is 0 Å². The zero-order chi connectivity index (χ0) is 16.1. The van der Waals surface area contributed by atoms with Gasteiger partial charge < -0.3 is 9.47 Å². The highest BCUT2D eigenvalue weighted by atomic mass is 79.9. The summed E-state index contributed by atoms with van der Waals surface area (Å²) < 4.78 is 12.1. The van der Waals surface area contributed by atoms with Gasteiger partial charge in [0.1, 0.15) is 0 Å². The second-order valence-corrected chi connectivity index (χ2v) is 6.49. The number of carbonyl (C=O) groups is 2. The molecular weight excluding hydrogens is 368 g/mol. The molecule has 0 aliphatic rings. The van der Waals surface area contributed by atoms with Gasteiger partial charge in [-0.3, -0.25) is 9.59 Å². The lowest BCUT2D eigenvalue weighted by molar-refractivity contribution is -0.161. The Hall–Kier alpha value is -1.40. The maximum Gasteiger partial charge on any atom is 0.320 e. The Morgan fingerprint density at radius 1 is 1.18 bits per heavy atom. The van der Waals surface area contributed by atoms with Crippen LogP contribution in [0.3, 0.4) is 0 Å². The molecule has 0 atom stereocenters. The van der Waals surface area contributed by atoms with Gasteiger partial charge in [0, 0.05) is 9.17 Å². The fraction of sp³-hybridized carbons (Fsp3) is 0.375. The molecule has 1 aromatic carbocycles. The summed E-state index contributed by atoms with van der Waals surface area (Å²) in [6.45, 7) is 3.92. The summed E-state index contributed by atoms with van der Waals surface area (Å²) in [5.74, 6) is -1.98. The van der Waals surface area contributed by atoms with Gasteiger partial charge in [0.05, 0.1) is 13.2 Å². The molecule has 0 saturated carbocycles. The lowest BCUT2D eigenvalue weighted by atomic mass is 9.99. The third-order valence-electron chi connectivity index (χ3n) is 3.18. The molecule has 0 aliphatic heterocycles. The number of rotatable bonds is 6. The van der Waals surface area contributed by atoms with Crippen LogP contribution in [0.4, 0.5) is 0 Å². The molecule has 0 bridgehead atoms. The Labute approximate surface area is 141 Å². The van der Waals surface area contributed by atoms with Gasteiger partial charge in [-0.15, -0.1) is 11.3 Å². The molecule has 0 amide bonds. The zero-order valence-electron chi connectivity index (χ0n) is 12.4. The van der Waals surface area contributed by atoms with E-state index in [9.17, 15) is 9.59 Å². The van der Waals surface area contributed by atoms with E-state index in [2.05, 4.69) is 15.9 Å². The highest BCUT2D eigenvalue weighted by Crippen LogP contribution is 2.30. The van der Waals surface area contributed by atoms with E-state index in [1.165, 1.54) is 0 Å². The van der Waals surface area contributed by atoms with Crippen LogP contribution in [0.2, 0.25) is 0 Å². The Bertz CT molecular complexity index is 662. The van der Waals surface area contributed by atoms with E-state index in [1.807, 2.05) is 23.6 Å². The first-order valence-corrected chi connectivity index (χ1v) is 8.73. The second kappa shape index (κ2) is 7.74. The van der Waals surface area contributed by atoms with E-state index in [4.69, 9.17) is 9.47 Å². The normalized spacial score (nSPS) is 10.9. The Balaban J connectivity index is 2.30. The van der Waals surface area contributed by atoms with Crippen LogP contribution in [0.15, 0.2) is 28.1 Å². The molecule has 22 heavy (non-hydrogen) atoms. The molecule has 0 saturated heterocycles. The van der Waals surface area contributed by atoms with Crippen LogP contribution >= 0.6 is 27.3 Å². The van der Waals surface area contributed by atoms with Crippen LogP contribution in [0, 0.1) is 5.92 Å². The maximum absolute atomic E-state index is 12.1. The number of halogens is 1. The summed E-state index contributed by atoms with van der Waals surface area (Å²) in [6, 6.07) is 5.97. The van der Waals surface area contributed by atoms with Crippen molar-refractivity contribution in [2.45, 2.75) is 20.3 Å². The molecule has 1 heterocycles. The first-order chi connectivity index (χ1) is 10.6. The van der Waals surface area contributed by atoms with Crippen LogP contribution in [0.5, 0.6) is 0 Å². The first kappa shape index (κ1) is 17.0. The van der Waals surface area contributed by atoms with Gasteiger partial charge in [0.25, 0.3) is 0 Å². The average Bonchev–Trinajstić information content (AvgIpc) is 2.87. The third kappa shape index (κ3) is 3.87. The highest BCUT2D eigenvalue weighted by molar-refractivity contribution is 9.10. The molecule has 0 aliphatic carbocycles. The fourth-order valence-corrected chi connectivity index (χ4v) is 3.50. The molecule has 6 heteroatoms. The number of ether oxygens (including phenoxy) is 2. The van der Waals surface area contributed by atoms with E-state index in [0.717, 1.165) is 20.1 Å². The van der Waals surface area contributed by atoms with Crippen molar-refractivity contribution in [3.63, 3.8) is 0 Å². The van der Waals surface area contributed by atoms with Crippen molar-refractivity contribution in [3.8, 4) is 0 Å². The predicted octanol–water partition coefficient (Wildman–Crippen LogP) is 3.95. The molecule has 0 unspecified atom stereocenters.